The van der Waals surface area contributed by atoms with Gasteiger partial charge in [0, 0.05) is 5.69 Å². The van der Waals surface area contributed by atoms with Gasteiger partial charge in [0.1, 0.15) is 5.15 Å². The molecule has 0 radical (unpaired) electrons. The maximum absolute atomic E-state index is 5.62. The summed E-state index contributed by atoms with van der Waals surface area (Å²) in [6.45, 7) is 0. The van der Waals surface area contributed by atoms with E-state index >= 15 is 0 Å². The van der Waals surface area contributed by atoms with Gasteiger partial charge >= 0.3 is 0 Å². The smallest absolute Gasteiger partial charge is 0.132 e. The predicted octanol–water partition coefficient (Wildman–Crippen LogP) is 2.04. The van der Waals surface area contributed by atoms with Crippen LogP contribution in [0.4, 0.5) is 5.69 Å². The molecule has 0 unspecified atom stereocenters. The molecular formula is C6H7ClN2S. The summed E-state index contributed by atoms with van der Waals surface area (Å²) >= 11 is 7.15. The van der Waals surface area contributed by atoms with Crippen molar-refractivity contribution >= 4 is 29.1 Å². The summed E-state index contributed by atoms with van der Waals surface area (Å²) < 4.78 is 0. The van der Waals surface area contributed by atoms with E-state index in [9.17, 15) is 0 Å². The normalized spacial score (nSPS) is 9.80. The molecule has 1 aromatic rings. The molecule has 0 aromatic carbocycles. The standard InChI is InChI=1S/C6H7ClN2S/c1-10-6-3-4(8)2-5(7)9-6/h2-3H,1H3,(H2,8,9). The van der Waals surface area contributed by atoms with Crippen molar-refractivity contribution in [1.82, 2.24) is 4.98 Å². The van der Waals surface area contributed by atoms with E-state index in [1.54, 1.807) is 12.1 Å². The summed E-state index contributed by atoms with van der Waals surface area (Å²) in [7, 11) is 0. The fourth-order valence-electron chi connectivity index (χ4n) is 0.596. The van der Waals surface area contributed by atoms with Crippen LogP contribution in [0.2, 0.25) is 5.15 Å². The van der Waals surface area contributed by atoms with Crippen LogP contribution in [-0.4, -0.2) is 11.2 Å². The van der Waals surface area contributed by atoms with Crippen molar-refractivity contribution in [1.29, 1.82) is 0 Å². The van der Waals surface area contributed by atoms with Crippen LogP contribution in [0.15, 0.2) is 17.2 Å². The first-order valence-electron chi connectivity index (χ1n) is 2.69. The van der Waals surface area contributed by atoms with Crippen LogP contribution in [0.25, 0.3) is 0 Å². The van der Waals surface area contributed by atoms with Crippen LogP contribution < -0.4 is 5.73 Å². The highest BCUT2D eigenvalue weighted by Gasteiger charge is 1.95. The fourth-order valence-corrected chi connectivity index (χ4v) is 1.31. The Bertz CT molecular complexity index is 219. The number of pyridine rings is 1. The molecule has 4 heteroatoms. The van der Waals surface area contributed by atoms with Gasteiger partial charge in [-0.2, -0.15) is 0 Å². The van der Waals surface area contributed by atoms with Crippen molar-refractivity contribution in [3.8, 4) is 0 Å². The van der Waals surface area contributed by atoms with E-state index in [-0.39, 0.29) is 0 Å². The number of rotatable bonds is 1. The van der Waals surface area contributed by atoms with Gasteiger partial charge in [-0.1, -0.05) is 11.6 Å². The van der Waals surface area contributed by atoms with Crippen molar-refractivity contribution in [3.05, 3.63) is 17.3 Å². The van der Waals surface area contributed by atoms with Crippen LogP contribution in [0.5, 0.6) is 0 Å². The maximum atomic E-state index is 5.62. The zero-order valence-electron chi connectivity index (χ0n) is 5.47. The SMILES string of the molecule is CSc1cc(N)cc(Cl)n1. The number of anilines is 1. The van der Waals surface area contributed by atoms with Crippen LogP contribution in [0, 0.1) is 0 Å². The van der Waals surface area contributed by atoms with Crippen molar-refractivity contribution in [2.24, 2.45) is 0 Å². The molecule has 0 bridgehead atoms. The second-order valence-electron chi connectivity index (χ2n) is 1.77. The molecule has 0 aliphatic heterocycles. The first-order valence-corrected chi connectivity index (χ1v) is 4.29. The van der Waals surface area contributed by atoms with Gasteiger partial charge in [-0.3, -0.25) is 0 Å². The number of halogens is 1. The lowest BCUT2D eigenvalue weighted by Crippen LogP contribution is -1.87. The van der Waals surface area contributed by atoms with Gasteiger partial charge in [0.2, 0.25) is 0 Å². The quantitative estimate of drug-likeness (QED) is 0.523. The molecule has 1 heterocycles. The van der Waals surface area contributed by atoms with Gasteiger partial charge in [0.15, 0.2) is 0 Å². The molecule has 0 fully saturated rings. The Hall–Kier alpha value is -0.410. The Labute approximate surface area is 68.8 Å². The summed E-state index contributed by atoms with van der Waals surface area (Å²) in [5, 5.41) is 1.30. The van der Waals surface area contributed by atoms with E-state index in [0.29, 0.717) is 10.8 Å². The van der Waals surface area contributed by atoms with Crippen molar-refractivity contribution < 1.29 is 0 Å². The van der Waals surface area contributed by atoms with Gasteiger partial charge in [-0.15, -0.1) is 11.8 Å². The molecule has 2 nitrogen and oxygen atoms in total. The topological polar surface area (TPSA) is 38.9 Å². The van der Waals surface area contributed by atoms with E-state index in [2.05, 4.69) is 4.98 Å². The molecule has 54 valence electrons. The van der Waals surface area contributed by atoms with Crippen LogP contribution >= 0.6 is 23.4 Å². The van der Waals surface area contributed by atoms with E-state index in [1.807, 2.05) is 6.26 Å². The Kier molecular flexibility index (Phi) is 2.40. The number of nitrogens with zero attached hydrogens (tertiary/aromatic N) is 1. The lowest BCUT2D eigenvalue weighted by Gasteiger charge is -1.97. The molecule has 1 rings (SSSR count). The highest BCUT2D eigenvalue weighted by molar-refractivity contribution is 7.98. The monoisotopic (exact) mass is 174 g/mol. The lowest BCUT2D eigenvalue weighted by molar-refractivity contribution is 1.14. The first kappa shape index (κ1) is 7.69. The summed E-state index contributed by atoms with van der Waals surface area (Å²) in [5.41, 5.74) is 6.15. The van der Waals surface area contributed by atoms with Gasteiger partial charge in [0.05, 0.1) is 5.03 Å². The molecule has 0 atom stereocenters. The minimum Gasteiger partial charge on any atom is -0.399 e. The minimum absolute atomic E-state index is 0.448. The van der Waals surface area contributed by atoms with Crippen LogP contribution in [0.1, 0.15) is 0 Å². The van der Waals surface area contributed by atoms with Gasteiger partial charge in [0.25, 0.3) is 0 Å². The Balaban J connectivity index is 3.06. The molecule has 2 N–H and O–H groups in total. The summed E-state index contributed by atoms with van der Waals surface area (Å²) in [5.74, 6) is 0. The highest BCUT2D eigenvalue weighted by atomic mass is 35.5. The molecule has 0 spiro atoms. The minimum atomic E-state index is 0.448. The van der Waals surface area contributed by atoms with E-state index in [1.165, 1.54) is 11.8 Å². The van der Waals surface area contributed by atoms with Crippen LogP contribution in [-0.2, 0) is 0 Å². The number of nitrogens with two attached hydrogens (primary N) is 1. The fraction of sp³-hybridized carbons (Fsp3) is 0.167. The lowest BCUT2D eigenvalue weighted by atomic mass is 10.4. The molecule has 0 saturated carbocycles. The Morgan fingerprint density at radius 3 is 2.80 bits per heavy atom. The molecule has 1 aromatic heterocycles. The van der Waals surface area contributed by atoms with Crippen LogP contribution in [0.3, 0.4) is 0 Å². The second kappa shape index (κ2) is 3.12. The molecule has 0 amide bonds. The highest BCUT2D eigenvalue weighted by Crippen LogP contribution is 2.18. The second-order valence-corrected chi connectivity index (χ2v) is 2.98. The number of aromatic nitrogens is 1. The van der Waals surface area contributed by atoms with Gasteiger partial charge < -0.3 is 5.73 Å². The third-order valence-corrected chi connectivity index (χ3v) is 1.82. The van der Waals surface area contributed by atoms with E-state index in [0.717, 1.165) is 5.03 Å². The first-order chi connectivity index (χ1) is 4.72. The number of hydrogen-bond donors (Lipinski definition) is 1. The molecule has 0 saturated heterocycles. The van der Waals surface area contributed by atoms with Gasteiger partial charge in [-0.05, 0) is 18.4 Å². The molecule has 0 aliphatic rings. The van der Waals surface area contributed by atoms with E-state index in [4.69, 9.17) is 17.3 Å². The Morgan fingerprint density at radius 2 is 2.30 bits per heavy atom. The third-order valence-electron chi connectivity index (χ3n) is 1.00. The number of thioether (sulfide) groups is 1. The average molecular weight is 175 g/mol. The molecular weight excluding hydrogens is 168 g/mol. The third kappa shape index (κ3) is 1.78. The number of hydrogen-bond acceptors (Lipinski definition) is 3. The van der Waals surface area contributed by atoms with Crippen molar-refractivity contribution in [2.45, 2.75) is 5.03 Å². The maximum Gasteiger partial charge on any atom is 0.132 e. The largest absolute Gasteiger partial charge is 0.399 e. The van der Waals surface area contributed by atoms with E-state index < -0.39 is 0 Å². The van der Waals surface area contributed by atoms with Crippen molar-refractivity contribution in [2.75, 3.05) is 12.0 Å². The summed E-state index contributed by atoms with van der Waals surface area (Å²) in [6.07, 6.45) is 1.93. The molecule has 0 aliphatic carbocycles. The summed E-state index contributed by atoms with van der Waals surface area (Å²) in [4.78, 5) is 4.00. The number of nitrogen functional groups attached to an aromatic ring is 1. The zero-order chi connectivity index (χ0) is 7.56. The predicted molar refractivity (Wildman–Crippen MR) is 45.4 cm³/mol. The Morgan fingerprint density at radius 1 is 1.60 bits per heavy atom. The van der Waals surface area contributed by atoms with Gasteiger partial charge in [-0.25, -0.2) is 4.98 Å². The molecule has 10 heavy (non-hydrogen) atoms. The summed E-state index contributed by atoms with van der Waals surface area (Å²) in [6, 6.07) is 3.41. The zero-order valence-corrected chi connectivity index (χ0v) is 7.04. The van der Waals surface area contributed by atoms with Crippen molar-refractivity contribution in [3.63, 3.8) is 0 Å². The average Bonchev–Trinajstić information content (AvgIpc) is 1.85.